The number of amides is 1. The van der Waals surface area contributed by atoms with Crippen molar-refractivity contribution in [2.75, 3.05) is 0 Å². The Bertz CT molecular complexity index is 536. The van der Waals surface area contributed by atoms with Gasteiger partial charge in [-0.05, 0) is 44.7 Å². The van der Waals surface area contributed by atoms with Gasteiger partial charge in [-0.15, -0.1) is 0 Å². The molecule has 0 spiro atoms. The summed E-state index contributed by atoms with van der Waals surface area (Å²) in [6.45, 7) is 3.62. The zero-order chi connectivity index (χ0) is 15.4. The summed E-state index contributed by atoms with van der Waals surface area (Å²) in [5.41, 5.74) is 1.91. The van der Waals surface area contributed by atoms with Gasteiger partial charge in [0.25, 0.3) is 5.91 Å². The molecule has 2 rings (SSSR count). The Balaban J connectivity index is 2.12. The minimum Gasteiger partial charge on any atom is -0.480 e. The Hall–Kier alpha value is -1.91. The molecule has 2 N–H and O–H groups in total. The van der Waals surface area contributed by atoms with Crippen molar-refractivity contribution in [3.8, 4) is 0 Å². The first-order valence-electron chi connectivity index (χ1n) is 7.47. The van der Waals surface area contributed by atoms with Crippen LogP contribution in [0.3, 0.4) is 0 Å². The Kier molecular flexibility index (Phi) is 4.94. The number of nitrogens with zero attached hydrogens (tertiary/aromatic N) is 1. The molecular weight excluding hydrogens is 268 g/mol. The normalized spacial score (nSPS) is 17.2. The van der Waals surface area contributed by atoms with Crippen molar-refractivity contribution in [3.63, 3.8) is 0 Å². The molecule has 1 aromatic heterocycles. The van der Waals surface area contributed by atoms with E-state index in [0.717, 1.165) is 37.8 Å². The first-order valence-corrected chi connectivity index (χ1v) is 7.47. The van der Waals surface area contributed by atoms with Crippen LogP contribution >= 0.6 is 0 Å². The maximum atomic E-state index is 12.3. The summed E-state index contributed by atoms with van der Waals surface area (Å²) in [5, 5.41) is 12.1. The molecule has 0 aliphatic heterocycles. The molecule has 1 aromatic rings. The number of nitrogens with one attached hydrogen (secondary N) is 1. The zero-order valence-electron chi connectivity index (χ0n) is 12.6. The Morgan fingerprint density at radius 2 is 1.90 bits per heavy atom. The molecule has 21 heavy (non-hydrogen) atoms. The summed E-state index contributed by atoms with van der Waals surface area (Å²) in [5.74, 6) is -1.27. The average Bonchev–Trinajstić information content (AvgIpc) is 2.45. The molecule has 114 valence electrons. The van der Waals surface area contributed by atoms with Crippen molar-refractivity contribution < 1.29 is 14.7 Å². The predicted molar refractivity (Wildman–Crippen MR) is 79.2 cm³/mol. The van der Waals surface area contributed by atoms with Crippen LogP contribution < -0.4 is 5.32 Å². The second-order valence-corrected chi connectivity index (χ2v) is 5.77. The van der Waals surface area contributed by atoms with Gasteiger partial charge in [0.05, 0.1) is 11.3 Å². The van der Waals surface area contributed by atoms with E-state index in [1.165, 1.54) is 0 Å². The lowest BCUT2D eigenvalue weighted by Gasteiger charge is -2.28. The monoisotopic (exact) mass is 290 g/mol. The number of hydrogen-bond donors (Lipinski definition) is 2. The molecule has 0 radical (unpaired) electrons. The van der Waals surface area contributed by atoms with Crippen LogP contribution in [0.2, 0.25) is 0 Å². The predicted octanol–water partition coefficient (Wildman–Crippen LogP) is 2.46. The van der Waals surface area contributed by atoms with Gasteiger partial charge in [0.1, 0.15) is 6.04 Å². The Morgan fingerprint density at radius 1 is 1.24 bits per heavy atom. The number of hydrogen-bond acceptors (Lipinski definition) is 3. The molecule has 1 amide bonds. The van der Waals surface area contributed by atoms with Crippen LogP contribution in [0.15, 0.2) is 12.1 Å². The molecule has 1 aliphatic carbocycles. The minimum absolute atomic E-state index is 0.0268. The molecule has 1 heterocycles. The standard InChI is InChI=1S/C16H22N2O3/c1-10-8-9-13(11(2)17-10)15(19)18-14(16(20)21)12-6-4-3-5-7-12/h8-9,12,14H,3-7H2,1-2H3,(H,18,19)(H,20,21). The molecular formula is C16H22N2O3. The molecule has 5 nitrogen and oxygen atoms in total. The number of carbonyl (C=O) groups is 2. The number of pyridine rings is 1. The van der Waals surface area contributed by atoms with Crippen molar-refractivity contribution in [1.29, 1.82) is 0 Å². The summed E-state index contributed by atoms with van der Waals surface area (Å²) in [6.07, 6.45) is 4.95. The lowest BCUT2D eigenvalue weighted by molar-refractivity contribution is -0.141. The highest BCUT2D eigenvalue weighted by atomic mass is 16.4. The van der Waals surface area contributed by atoms with Gasteiger partial charge in [-0.3, -0.25) is 9.78 Å². The van der Waals surface area contributed by atoms with Crippen molar-refractivity contribution in [1.82, 2.24) is 10.3 Å². The largest absolute Gasteiger partial charge is 0.480 e. The topological polar surface area (TPSA) is 79.3 Å². The molecule has 5 heteroatoms. The van der Waals surface area contributed by atoms with E-state index in [2.05, 4.69) is 10.3 Å². The summed E-state index contributed by atoms with van der Waals surface area (Å²) in [4.78, 5) is 28.0. The van der Waals surface area contributed by atoms with Gasteiger partial charge >= 0.3 is 5.97 Å². The highest BCUT2D eigenvalue weighted by molar-refractivity contribution is 5.97. The summed E-state index contributed by atoms with van der Waals surface area (Å²) < 4.78 is 0. The van der Waals surface area contributed by atoms with Gasteiger partial charge in [-0.2, -0.15) is 0 Å². The van der Waals surface area contributed by atoms with Crippen molar-refractivity contribution in [3.05, 3.63) is 29.1 Å². The quantitative estimate of drug-likeness (QED) is 0.892. The third-order valence-corrected chi connectivity index (χ3v) is 4.14. The van der Waals surface area contributed by atoms with Gasteiger partial charge in [0.15, 0.2) is 0 Å². The second-order valence-electron chi connectivity index (χ2n) is 5.77. The van der Waals surface area contributed by atoms with E-state index in [1.807, 2.05) is 6.92 Å². The van der Waals surface area contributed by atoms with Gasteiger partial charge in [-0.25, -0.2) is 4.79 Å². The minimum atomic E-state index is -0.951. The third-order valence-electron chi connectivity index (χ3n) is 4.14. The number of rotatable bonds is 4. The molecule has 1 fully saturated rings. The maximum absolute atomic E-state index is 12.3. The summed E-state index contributed by atoms with van der Waals surface area (Å²) in [6, 6.07) is 2.66. The van der Waals surface area contributed by atoms with Crippen LogP contribution in [0.5, 0.6) is 0 Å². The van der Waals surface area contributed by atoms with E-state index in [1.54, 1.807) is 19.1 Å². The van der Waals surface area contributed by atoms with E-state index in [4.69, 9.17) is 0 Å². The van der Waals surface area contributed by atoms with Crippen LogP contribution in [0.25, 0.3) is 0 Å². The molecule has 1 saturated carbocycles. The third kappa shape index (κ3) is 3.80. The molecule has 1 aliphatic rings. The molecule has 0 aromatic carbocycles. The van der Waals surface area contributed by atoms with Crippen LogP contribution in [-0.2, 0) is 4.79 Å². The fraction of sp³-hybridized carbons (Fsp3) is 0.562. The lowest BCUT2D eigenvalue weighted by Crippen LogP contribution is -2.46. The Morgan fingerprint density at radius 3 is 2.48 bits per heavy atom. The van der Waals surface area contributed by atoms with Gasteiger partial charge in [-0.1, -0.05) is 19.3 Å². The summed E-state index contributed by atoms with van der Waals surface area (Å²) in [7, 11) is 0. The van der Waals surface area contributed by atoms with E-state index in [-0.39, 0.29) is 11.8 Å². The van der Waals surface area contributed by atoms with Gasteiger partial charge < -0.3 is 10.4 Å². The number of aryl methyl sites for hydroxylation is 2. The smallest absolute Gasteiger partial charge is 0.326 e. The van der Waals surface area contributed by atoms with Crippen molar-refractivity contribution >= 4 is 11.9 Å². The second kappa shape index (κ2) is 6.70. The van der Waals surface area contributed by atoms with Gasteiger partial charge in [0, 0.05) is 5.69 Å². The van der Waals surface area contributed by atoms with E-state index < -0.39 is 12.0 Å². The van der Waals surface area contributed by atoms with Gasteiger partial charge in [0.2, 0.25) is 0 Å². The van der Waals surface area contributed by atoms with E-state index in [0.29, 0.717) is 11.3 Å². The molecule has 1 unspecified atom stereocenters. The Labute approximate surface area is 124 Å². The van der Waals surface area contributed by atoms with Crippen LogP contribution in [0.1, 0.15) is 53.8 Å². The number of carboxylic acid groups (broad SMARTS) is 1. The van der Waals surface area contributed by atoms with Crippen LogP contribution in [0.4, 0.5) is 0 Å². The molecule has 1 atom stereocenters. The maximum Gasteiger partial charge on any atom is 0.326 e. The first kappa shape index (κ1) is 15.5. The summed E-state index contributed by atoms with van der Waals surface area (Å²) >= 11 is 0. The van der Waals surface area contributed by atoms with Crippen LogP contribution in [0, 0.1) is 19.8 Å². The highest BCUT2D eigenvalue weighted by Crippen LogP contribution is 2.27. The number of carboxylic acids is 1. The average molecular weight is 290 g/mol. The first-order chi connectivity index (χ1) is 9.99. The number of aliphatic carboxylic acids is 1. The van der Waals surface area contributed by atoms with E-state index >= 15 is 0 Å². The van der Waals surface area contributed by atoms with Crippen molar-refractivity contribution in [2.45, 2.75) is 52.0 Å². The SMILES string of the molecule is Cc1ccc(C(=O)NC(C(=O)O)C2CCCCC2)c(C)n1. The fourth-order valence-corrected chi connectivity index (χ4v) is 2.99. The van der Waals surface area contributed by atoms with Crippen LogP contribution in [-0.4, -0.2) is 28.0 Å². The number of aromatic nitrogens is 1. The fourth-order valence-electron chi connectivity index (χ4n) is 2.99. The zero-order valence-corrected chi connectivity index (χ0v) is 12.6. The highest BCUT2D eigenvalue weighted by Gasteiger charge is 2.31. The number of carbonyl (C=O) groups excluding carboxylic acids is 1. The van der Waals surface area contributed by atoms with Crippen molar-refractivity contribution in [2.24, 2.45) is 5.92 Å². The van der Waals surface area contributed by atoms with E-state index in [9.17, 15) is 14.7 Å². The molecule has 0 saturated heterocycles. The molecule has 0 bridgehead atoms. The lowest BCUT2D eigenvalue weighted by atomic mass is 9.84.